The van der Waals surface area contributed by atoms with Crippen molar-refractivity contribution >= 4 is 17.7 Å². The Morgan fingerprint density at radius 2 is 1.67 bits per heavy atom. The topological polar surface area (TPSA) is 23.6 Å². The van der Waals surface area contributed by atoms with Gasteiger partial charge >= 0.3 is 0 Å². The Bertz CT molecular complexity index is 665. The van der Waals surface area contributed by atoms with Crippen molar-refractivity contribution in [1.29, 1.82) is 0 Å². The summed E-state index contributed by atoms with van der Waals surface area (Å²) in [6.45, 7) is 1.81. The summed E-state index contributed by atoms with van der Waals surface area (Å²) >= 11 is 1.98. The van der Waals surface area contributed by atoms with Gasteiger partial charge in [0.05, 0.1) is 6.04 Å². The largest absolute Gasteiger partial charge is 0.338 e. The van der Waals surface area contributed by atoms with Crippen molar-refractivity contribution in [3.63, 3.8) is 0 Å². The van der Waals surface area contributed by atoms with E-state index < -0.39 is 0 Å². The van der Waals surface area contributed by atoms with Gasteiger partial charge in [-0.05, 0) is 37.4 Å². The van der Waals surface area contributed by atoms with Gasteiger partial charge in [-0.1, -0.05) is 60.7 Å². The highest BCUT2D eigenvalue weighted by Gasteiger charge is 2.28. The van der Waals surface area contributed by atoms with Gasteiger partial charge in [-0.2, -0.15) is 11.8 Å². The lowest BCUT2D eigenvalue weighted by molar-refractivity contribution is -0.133. The number of carbonyl (C=O) groups excluding carboxylic acids is 1. The first-order valence-electron chi connectivity index (χ1n) is 9.77. The fourth-order valence-corrected chi connectivity index (χ4v) is 4.88. The van der Waals surface area contributed by atoms with Crippen LogP contribution in [0.2, 0.25) is 0 Å². The Balaban J connectivity index is 1.82. The monoisotopic (exact) mass is 382 g/mol. The zero-order valence-electron chi connectivity index (χ0n) is 16.4. The highest BCUT2D eigenvalue weighted by Crippen LogP contribution is 2.29. The number of amides is 1. The second kappa shape index (κ2) is 9.95. The predicted octanol–water partition coefficient (Wildman–Crippen LogP) is 4.10. The summed E-state index contributed by atoms with van der Waals surface area (Å²) in [4.78, 5) is 17.7. The molecule has 1 aliphatic heterocycles. The Morgan fingerprint density at radius 1 is 1.07 bits per heavy atom. The van der Waals surface area contributed by atoms with Gasteiger partial charge in [0.1, 0.15) is 0 Å². The molecule has 144 valence electrons. The molecule has 1 atom stereocenters. The summed E-state index contributed by atoms with van der Waals surface area (Å²) in [5, 5.41) is 0. The molecule has 0 radical (unpaired) electrons. The Kier molecular flexibility index (Phi) is 7.36. The summed E-state index contributed by atoms with van der Waals surface area (Å²) < 4.78 is 0. The minimum atomic E-state index is 0.107. The van der Waals surface area contributed by atoms with Crippen LogP contribution in [0.3, 0.4) is 0 Å². The number of hydrogen-bond acceptors (Lipinski definition) is 3. The van der Waals surface area contributed by atoms with E-state index in [2.05, 4.69) is 72.4 Å². The van der Waals surface area contributed by atoms with Crippen LogP contribution in [-0.2, 0) is 4.79 Å². The van der Waals surface area contributed by atoms with Gasteiger partial charge < -0.3 is 9.80 Å². The minimum absolute atomic E-state index is 0.107. The summed E-state index contributed by atoms with van der Waals surface area (Å²) in [6.07, 6.45) is 1.62. The van der Waals surface area contributed by atoms with Crippen molar-refractivity contribution in [1.82, 2.24) is 9.80 Å². The number of likely N-dealkylation sites (N-methyl/N-ethyl adjacent to an activating group) is 1. The van der Waals surface area contributed by atoms with Crippen LogP contribution >= 0.6 is 11.8 Å². The van der Waals surface area contributed by atoms with E-state index >= 15 is 0 Å². The van der Waals surface area contributed by atoms with Crippen LogP contribution in [0.5, 0.6) is 0 Å². The zero-order chi connectivity index (χ0) is 19.1. The lowest BCUT2D eigenvalue weighted by Crippen LogP contribution is -2.47. The SMILES string of the molecule is CN(C)CC1CSCCCN1C(=O)CC(c1ccccc1)c1ccccc1. The number of hydrogen-bond donors (Lipinski definition) is 0. The molecule has 0 aliphatic carbocycles. The van der Waals surface area contributed by atoms with E-state index in [-0.39, 0.29) is 11.8 Å². The van der Waals surface area contributed by atoms with E-state index in [4.69, 9.17) is 0 Å². The molecule has 1 aliphatic rings. The second-order valence-electron chi connectivity index (χ2n) is 7.51. The van der Waals surface area contributed by atoms with Gasteiger partial charge in [-0.3, -0.25) is 4.79 Å². The highest BCUT2D eigenvalue weighted by atomic mass is 32.2. The van der Waals surface area contributed by atoms with Crippen LogP contribution in [0.4, 0.5) is 0 Å². The molecule has 27 heavy (non-hydrogen) atoms. The van der Waals surface area contributed by atoms with Crippen molar-refractivity contribution in [2.75, 3.05) is 38.7 Å². The molecule has 2 aromatic rings. The van der Waals surface area contributed by atoms with Crippen LogP contribution in [0, 0.1) is 0 Å². The van der Waals surface area contributed by atoms with Crippen LogP contribution in [-0.4, -0.2) is 60.4 Å². The lowest BCUT2D eigenvalue weighted by atomic mass is 9.88. The summed E-state index contributed by atoms with van der Waals surface area (Å²) in [7, 11) is 4.18. The van der Waals surface area contributed by atoms with E-state index in [0.717, 1.165) is 31.0 Å². The van der Waals surface area contributed by atoms with Crippen LogP contribution in [0.25, 0.3) is 0 Å². The average molecular weight is 383 g/mol. The maximum absolute atomic E-state index is 13.4. The van der Waals surface area contributed by atoms with Crippen molar-refractivity contribution in [2.45, 2.75) is 24.8 Å². The zero-order valence-corrected chi connectivity index (χ0v) is 17.2. The van der Waals surface area contributed by atoms with Crippen molar-refractivity contribution in [2.24, 2.45) is 0 Å². The molecule has 0 aromatic heterocycles. The number of rotatable bonds is 6. The first kappa shape index (κ1) is 20.0. The Labute approximate surface area is 167 Å². The van der Waals surface area contributed by atoms with E-state index in [1.807, 2.05) is 23.9 Å². The smallest absolute Gasteiger partial charge is 0.223 e. The molecule has 4 heteroatoms. The van der Waals surface area contributed by atoms with Gasteiger partial charge in [0.2, 0.25) is 5.91 Å². The third-order valence-corrected chi connectivity index (χ3v) is 6.32. The summed E-state index contributed by atoms with van der Waals surface area (Å²) in [6, 6.07) is 21.2. The highest BCUT2D eigenvalue weighted by molar-refractivity contribution is 7.99. The fraction of sp³-hybridized carbons (Fsp3) is 0.435. The first-order valence-corrected chi connectivity index (χ1v) is 10.9. The third kappa shape index (κ3) is 5.60. The summed E-state index contributed by atoms with van der Waals surface area (Å²) in [5.74, 6) is 2.57. The predicted molar refractivity (Wildman–Crippen MR) is 115 cm³/mol. The fourth-order valence-electron chi connectivity index (χ4n) is 3.82. The molecule has 3 nitrogen and oxygen atoms in total. The molecule has 0 bridgehead atoms. The molecular formula is C23H30N2OS. The molecular weight excluding hydrogens is 352 g/mol. The van der Waals surface area contributed by atoms with Crippen molar-refractivity contribution in [3.05, 3.63) is 71.8 Å². The van der Waals surface area contributed by atoms with E-state index in [9.17, 15) is 4.79 Å². The summed E-state index contributed by atoms with van der Waals surface area (Å²) in [5.41, 5.74) is 2.43. The molecule has 3 rings (SSSR count). The normalized spacial score (nSPS) is 17.9. The number of nitrogens with zero attached hydrogens (tertiary/aromatic N) is 2. The minimum Gasteiger partial charge on any atom is -0.338 e. The van der Waals surface area contributed by atoms with Crippen molar-refractivity contribution < 1.29 is 4.79 Å². The molecule has 1 saturated heterocycles. The van der Waals surface area contributed by atoms with Gasteiger partial charge in [0, 0.05) is 31.2 Å². The maximum atomic E-state index is 13.4. The molecule has 1 fully saturated rings. The standard InChI is InChI=1S/C23H30N2OS/c1-24(2)17-21-18-27-15-9-14-25(21)23(26)16-22(19-10-5-3-6-11-19)20-12-7-4-8-13-20/h3-8,10-13,21-22H,9,14-18H2,1-2H3. The van der Waals surface area contributed by atoms with E-state index in [1.165, 1.54) is 11.1 Å². The van der Waals surface area contributed by atoms with Crippen LogP contribution in [0.15, 0.2) is 60.7 Å². The van der Waals surface area contributed by atoms with Crippen molar-refractivity contribution in [3.8, 4) is 0 Å². The number of thioether (sulfide) groups is 1. The lowest BCUT2D eigenvalue weighted by Gasteiger charge is -2.33. The average Bonchev–Trinajstić information content (AvgIpc) is 2.92. The molecule has 0 spiro atoms. The van der Waals surface area contributed by atoms with Crippen LogP contribution in [0.1, 0.15) is 29.9 Å². The van der Waals surface area contributed by atoms with Gasteiger partial charge in [0.25, 0.3) is 0 Å². The first-order chi connectivity index (χ1) is 13.1. The maximum Gasteiger partial charge on any atom is 0.223 e. The molecule has 0 N–H and O–H groups in total. The van der Waals surface area contributed by atoms with E-state index in [1.54, 1.807) is 0 Å². The molecule has 2 aromatic carbocycles. The number of benzene rings is 2. The molecule has 1 heterocycles. The number of carbonyl (C=O) groups is 1. The van der Waals surface area contributed by atoms with Gasteiger partial charge in [0.15, 0.2) is 0 Å². The van der Waals surface area contributed by atoms with Crippen LogP contribution < -0.4 is 0 Å². The van der Waals surface area contributed by atoms with Gasteiger partial charge in [-0.15, -0.1) is 0 Å². The quantitative estimate of drug-likeness (QED) is 0.751. The molecule has 0 saturated carbocycles. The second-order valence-corrected chi connectivity index (χ2v) is 8.66. The third-order valence-electron chi connectivity index (χ3n) is 5.12. The Hall–Kier alpha value is -1.78. The molecule has 1 amide bonds. The Morgan fingerprint density at radius 3 is 2.22 bits per heavy atom. The van der Waals surface area contributed by atoms with Gasteiger partial charge in [-0.25, -0.2) is 0 Å². The van der Waals surface area contributed by atoms with E-state index in [0.29, 0.717) is 12.5 Å². The molecule has 1 unspecified atom stereocenters.